The van der Waals surface area contributed by atoms with E-state index in [-0.39, 0.29) is 18.0 Å². The van der Waals surface area contributed by atoms with Gasteiger partial charge in [-0.05, 0) is 49.6 Å². The Kier molecular flexibility index (Phi) is 4.74. The van der Waals surface area contributed by atoms with E-state index in [0.29, 0.717) is 12.2 Å². The first-order valence-electron chi connectivity index (χ1n) is 7.89. The van der Waals surface area contributed by atoms with Gasteiger partial charge in [0.25, 0.3) is 11.9 Å². The van der Waals surface area contributed by atoms with Gasteiger partial charge in [-0.3, -0.25) is 9.78 Å². The van der Waals surface area contributed by atoms with Crippen molar-refractivity contribution in [2.24, 2.45) is 10.7 Å². The first-order valence-corrected chi connectivity index (χ1v) is 7.89. The van der Waals surface area contributed by atoms with E-state index >= 15 is 0 Å². The summed E-state index contributed by atoms with van der Waals surface area (Å²) in [6.45, 7) is 2.45. The Labute approximate surface area is 140 Å². The van der Waals surface area contributed by atoms with Gasteiger partial charge in [0.05, 0.1) is 11.6 Å². The van der Waals surface area contributed by atoms with Crippen LogP contribution in [0.2, 0.25) is 0 Å². The average Bonchev–Trinajstić information content (AvgIpc) is 3.00. The lowest BCUT2D eigenvalue weighted by atomic mass is 10.1. The Balaban J connectivity index is 1.54. The molecule has 1 aliphatic rings. The monoisotopic (exact) mass is 324 g/mol. The molecule has 6 heteroatoms. The van der Waals surface area contributed by atoms with Gasteiger partial charge in [0.1, 0.15) is 6.61 Å². The van der Waals surface area contributed by atoms with Crippen LogP contribution in [-0.2, 0) is 11.2 Å². The normalized spacial score (nSPS) is 16.4. The van der Waals surface area contributed by atoms with Gasteiger partial charge in [-0.25, -0.2) is 4.99 Å². The average molecular weight is 324 g/mol. The number of hydrogen-bond acceptors (Lipinski definition) is 5. The number of pyridine rings is 1. The molecular formula is C18H20N4O2. The number of amidine groups is 1. The summed E-state index contributed by atoms with van der Waals surface area (Å²) >= 11 is 0. The van der Waals surface area contributed by atoms with Gasteiger partial charge in [0.2, 0.25) is 0 Å². The first-order chi connectivity index (χ1) is 11.6. The molecule has 1 amide bonds. The van der Waals surface area contributed by atoms with Crippen molar-refractivity contribution >= 4 is 17.6 Å². The molecule has 2 heterocycles. The minimum Gasteiger partial charge on any atom is -0.463 e. The minimum atomic E-state index is -0.164. The quantitative estimate of drug-likeness (QED) is 0.883. The largest absolute Gasteiger partial charge is 0.463 e. The second kappa shape index (κ2) is 7.12. The SMILES string of the molecule is Cc1ccc(C(=O)Nc2ccc(CCC3COC(N)=N3)cc2)cn1. The van der Waals surface area contributed by atoms with Crippen molar-refractivity contribution in [3.05, 3.63) is 59.4 Å². The van der Waals surface area contributed by atoms with E-state index in [4.69, 9.17) is 10.5 Å². The van der Waals surface area contributed by atoms with Crippen molar-refractivity contribution in [2.45, 2.75) is 25.8 Å². The number of carbonyl (C=O) groups is 1. The maximum atomic E-state index is 12.1. The van der Waals surface area contributed by atoms with Crippen molar-refractivity contribution in [1.29, 1.82) is 0 Å². The minimum absolute atomic E-state index is 0.137. The summed E-state index contributed by atoms with van der Waals surface area (Å²) in [5.74, 6) is -0.164. The van der Waals surface area contributed by atoms with Crippen molar-refractivity contribution < 1.29 is 9.53 Å². The molecule has 1 unspecified atom stereocenters. The van der Waals surface area contributed by atoms with Gasteiger partial charge in [0, 0.05) is 17.6 Å². The van der Waals surface area contributed by atoms with Crippen LogP contribution in [0.15, 0.2) is 47.6 Å². The Morgan fingerprint density at radius 3 is 2.71 bits per heavy atom. The Morgan fingerprint density at radius 1 is 1.29 bits per heavy atom. The van der Waals surface area contributed by atoms with E-state index in [9.17, 15) is 4.79 Å². The fourth-order valence-electron chi connectivity index (χ4n) is 2.48. The van der Waals surface area contributed by atoms with Crippen LogP contribution in [0.3, 0.4) is 0 Å². The summed E-state index contributed by atoms with van der Waals surface area (Å²) in [5, 5.41) is 2.87. The summed E-state index contributed by atoms with van der Waals surface area (Å²) in [5.41, 5.74) is 8.87. The van der Waals surface area contributed by atoms with Crippen LogP contribution in [0.1, 0.15) is 28.0 Å². The summed E-state index contributed by atoms with van der Waals surface area (Å²) in [6, 6.07) is 11.8. The highest BCUT2D eigenvalue weighted by Gasteiger charge is 2.16. The number of carbonyl (C=O) groups excluding carboxylic acids is 1. The Bertz CT molecular complexity index is 739. The van der Waals surface area contributed by atoms with Crippen molar-refractivity contribution in [3.8, 4) is 0 Å². The zero-order chi connectivity index (χ0) is 16.9. The molecule has 0 aliphatic carbocycles. The van der Waals surface area contributed by atoms with Crippen molar-refractivity contribution in [1.82, 2.24) is 4.98 Å². The van der Waals surface area contributed by atoms with Crippen LogP contribution in [0.4, 0.5) is 5.69 Å². The number of anilines is 1. The standard InChI is InChI=1S/C18H20N4O2/c1-12-2-6-14(10-20-12)17(23)21-15-7-3-13(4-8-15)5-9-16-11-24-18(19)22-16/h2-4,6-8,10,16H,5,9,11H2,1H3,(H2,19,22)(H,21,23). The Hall–Kier alpha value is -2.89. The van der Waals surface area contributed by atoms with Crippen LogP contribution in [-0.4, -0.2) is 29.6 Å². The molecule has 124 valence electrons. The number of nitrogens with two attached hydrogens (primary N) is 1. The summed E-state index contributed by atoms with van der Waals surface area (Å²) in [6.07, 6.45) is 3.36. The summed E-state index contributed by atoms with van der Waals surface area (Å²) in [4.78, 5) is 20.5. The molecule has 1 aliphatic heterocycles. The van der Waals surface area contributed by atoms with Gasteiger partial charge in [0.15, 0.2) is 0 Å². The molecule has 0 saturated heterocycles. The van der Waals surface area contributed by atoms with E-state index in [1.165, 1.54) is 5.56 Å². The number of nitrogens with one attached hydrogen (secondary N) is 1. The number of aliphatic imine (C=N–C) groups is 1. The molecule has 0 radical (unpaired) electrons. The second-order valence-electron chi connectivity index (χ2n) is 5.81. The van der Waals surface area contributed by atoms with Crippen LogP contribution in [0.25, 0.3) is 0 Å². The molecule has 0 fully saturated rings. The van der Waals surface area contributed by atoms with E-state index in [2.05, 4.69) is 15.3 Å². The fourth-order valence-corrected chi connectivity index (χ4v) is 2.48. The van der Waals surface area contributed by atoms with Crippen LogP contribution in [0.5, 0.6) is 0 Å². The molecule has 1 aromatic carbocycles. The third-order valence-corrected chi connectivity index (χ3v) is 3.89. The molecule has 6 nitrogen and oxygen atoms in total. The van der Waals surface area contributed by atoms with Gasteiger partial charge in [-0.2, -0.15) is 0 Å². The van der Waals surface area contributed by atoms with Gasteiger partial charge >= 0.3 is 0 Å². The van der Waals surface area contributed by atoms with Crippen LogP contribution < -0.4 is 11.1 Å². The first kappa shape index (κ1) is 16.0. The molecule has 3 rings (SSSR count). The van der Waals surface area contributed by atoms with Crippen LogP contribution >= 0.6 is 0 Å². The molecule has 2 aromatic rings. The van der Waals surface area contributed by atoms with E-state index in [1.54, 1.807) is 12.3 Å². The van der Waals surface area contributed by atoms with Gasteiger partial charge < -0.3 is 15.8 Å². The highest BCUT2D eigenvalue weighted by molar-refractivity contribution is 6.04. The third-order valence-electron chi connectivity index (χ3n) is 3.89. The number of ether oxygens (including phenoxy) is 1. The van der Waals surface area contributed by atoms with Gasteiger partial charge in [-0.1, -0.05) is 12.1 Å². The van der Waals surface area contributed by atoms with Crippen molar-refractivity contribution in [3.63, 3.8) is 0 Å². The highest BCUT2D eigenvalue weighted by atomic mass is 16.5. The zero-order valence-electron chi connectivity index (χ0n) is 13.5. The summed E-state index contributed by atoms with van der Waals surface area (Å²) in [7, 11) is 0. The number of benzene rings is 1. The fraction of sp³-hybridized carbons (Fsp3) is 0.278. The molecule has 0 bridgehead atoms. The number of rotatable bonds is 5. The highest BCUT2D eigenvalue weighted by Crippen LogP contribution is 2.15. The van der Waals surface area contributed by atoms with E-state index < -0.39 is 0 Å². The topological polar surface area (TPSA) is 89.6 Å². The van der Waals surface area contributed by atoms with E-state index in [1.807, 2.05) is 37.3 Å². The molecule has 0 saturated carbocycles. The molecule has 24 heavy (non-hydrogen) atoms. The Morgan fingerprint density at radius 2 is 2.08 bits per heavy atom. The number of nitrogens with zero attached hydrogens (tertiary/aromatic N) is 2. The maximum Gasteiger partial charge on any atom is 0.282 e. The number of aromatic nitrogens is 1. The number of aryl methyl sites for hydroxylation is 2. The number of hydrogen-bond donors (Lipinski definition) is 2. The van der Waals surface area contributed by atoms with Crippen molar-refractivity contribution in [2.75, 3.05) is 11.9 Å². The lowest BCUT2D eigenvalue weighted by Crippen LogP contribution is -2.12. The predicted molar refractivity (Wildman–Crippen MR) is 93.1 cm³/mol. The molecule has 3 N–H and O–H groups in total. The summed E-state index contributed by atoms with van der Waals surface area (Å²) < 4.78 is 5.14. The molecule has 1 atom stereocenters. The second-order valence-corrected chi connectivity index (χ2v) is 5.81. The predicted octanol–water partition coefficient (Wildman–Crippen LogP) is 2.29. The van der Waals surface area contributed by atoms with Gasteiger partial charge in [-0.15, -0.1) is 0 Å². The smallest absolute Gasteiger partial charge is 0.282 e. The third kappa shape index (κ3) is 4.10. The molecular weight excluding hydrogens is 304 g/mol. The molecule has 0 spiro atoms. The lowest BCUT2D eigenvalue weighted by Gasteiger charge is -2.08. The lowest BCUT2D eigenvalue weighted by molar-refractivity contribution is 0.102. The number of amides is 1. The zero-order valence-corrected chi connectivity index (χ0v) is 13.5. The maximum absolute atomic E-state index is 12.1. The molecule has 1 aromatic heterocycles. The van der Waals surface area contributed by atoms with E-state index in [0.717, 1.165) is 24.2 Å². The van der Waals surface area contributed by atoms with Crippen LogP contribution in [0, 0.1) is 6.92 Å².